The van der Waals surface area contributed by atoms with Crippen molar-refractivity contribution in [2.24, 2.45) is 46.3 Å². The summed E-state index contributed by atoms with van der Waals surface area (Å²) in [4.78, 5) is 27.1. The van der Waals surface area contributed by atoms with Crippen LogP contribution in [-0.4, -0.2) is 58.4 Å². The minimum absolute atomic E-state index is 0.0262. The molecule has 0 radical (unpaired) electrons. The van der Waals surface area contributed by atoms with Gasteiger partial charge in [0, 0.05) is 37.5 Å². The number of Topliss-reactive ketones (excluding diaryl/α,β-unsaturated/α-hetero) is 1. The van der Waals surface area contributed by atoms with E-state index >= 15 is 0 Å². The molecule has 4 aliphatic carbocycles. The number of hydrogen-bond acceptors (Lipinski definition) is 5. The van der Waals surface area contributed by atoms with E-state index in [0.717, 1.165) is 70.9 Å². The third-order valence-electron chi connectivity index (χ3n) is 11.8. The topological polar surface area (TPSA) is 87.1 Å². The maximum absolute atomic E-state index is 12.8. The summed E-state index contributed by atoms with van der Waals surface area (Å²) in [5.41, 5.74) is 0.867. The van der Waals surface area contributed by atoms with E-state index in [1.54, 1.807) is 0 Å². The van der Waals surface area contributed by atoms with Gasteiger partial charge >= 0.3 is 6.09 Å². The van der Waals surface area contributed by atoms with Gasteiger partial charge < -0.3 is 19.8 Å². The summed E-state index contributed by atoms with van der Waals surface area (Å²) in [6.07, 6.45) is 11.5. The van der Waals surface area contributed by atoms with E-state index in [4.69, 9.17) is 4.74 Å². The Hall–Kier alpha value is -1.40. The van der Waals surface area contributed by atoms with Gasteiger partial charge in [-0.05, 0) is 114 Å². The number of allylic oxidation sites excluding steroid dienone is 2. The number of rotatable bonds is 3. The first-order valence-electron chi connectivity index (χ1n) is 15.4. The zero-order chi connectivity index (χ0) is 27.5. The number of carbonyl (C=O) groups excluding carboxylic acids is 2. The molecule has 1 saturated heterocycles. The first-order chi connectivity index (χ1) is 17.9. The molecule has 1 amide bonds. The molecule has 0 aromatic rings. The van der Waals surface area contributed by atoms with Crippen LogP contribution in [0.15, 0.2) is 11.6 Å². The van der Waals surface area contributed by atoms with Crippen LogP contribution in [0.3, 0.4) is 0 Å². The molecule has 5 aliphatic rings. The van der Waals surface area contributed by atoms with Gasteiger partial charge in [-0.2, -0.15) is 0 Å². The second-order valence-electron chi connectivity index (χ2n) is 14.9. The highest BCUT2D eigenvalue weighted by Crippen LogP contribution is 2.67. The third-order valence-corrected chi connectivity index (χ3v) is 11.8. The predicted octanol–water partition coefficient (Wildman–Crippen LogP) is 5.75. The Labute approximate surface area is 229 Å². The molecule has 38 heavy (non-hydrogen) atoms. The number of aliphatic hydroxyl groups is 2. The lowest BCUT2D eigenvalue weighted by atomic mass is 9.42. The average Bonchev–Trinajstić information content (AvgIpc) is 3.17. The Kier molecular flexibility index (Phi) is 7.56. The Morgan fingerprint density at radius 1 is 1.05 bits per heavy atom. The molecule has 5 rings (SSSR count). The first-order valence-corrected chi connectivity index (χ1v) is 15.4. The molecule has 5 fully saturated rings. The summed E-state index contributed by atoms with van der Waals surface area (Å²) in [5, 5.41) is 22.2. The number of carbonyl (C=O) groups is 2. The van der Waals surface area contributed by atoms with Gasteiger partial charge in [-0.25, -0.2) is 4.79 Å². The Morgan fingerprint density at radius 2 is 1.76 bits per heavy atom. The van der Waals surface area contributed by atoms with Gasteiger partial charge in [-0.15, -0.1) is 0 Å². The second-order valence-corrected chi connectivity index (χ2v) is 14.9. The maximum Gasteiger partial charge on any atom is 0.410 e. The van der Waals surface area contributed by atoms with Gasteiger partial charge in [0.15, 0.2) is 0 Å². The number of ether oxygens (including phenoxy) is 1. The molecule has 1 aliphatic heterocycles. The summed E-state index contributed by atoms with van der Waals surface area (Å²) in [6, 6.07) is 0. The Morgan fingerprint density at radius 3 is 2.42 bits per heavy atom. The second kappa shape index (κ2) is 10.2. The van der Waals surface area contributed by atoms with Crippen LogP contribution in [0.4, 0.5) is 4.79 Å². The summed E-state index contributed by atoms with van der Waals surface area (Å²) >= 11 is 0. The van der Waals surface area contributed by atoms with Crippen molar-refractivity contribution >= 4 is 11.9 Å². The van der Waals surface area contributed by atoms with E-state index in [1.165, 1.54) is 5.57 Å². The number of fused-ring (bicyclic) bond motifs is 5. The van der Waals surface area contributed by atoms with Gasteiger partial charge in [0.05, 0.1) is 6.10 Å². The van der Waals surface area contributed by atoms with Crippen molar-refractivity contribution in [2.75, 3.05) is 19.7 Å². The number of aliphatic hydroxyl groups excluding tert-OH is 2. The number of ketones is 1. The average molecular weight is 530 g/mol. The summed E-state index contributed by atoms with van der Waals surface area (Å²) in [7, 11) is 0. The van der Waals surface area contributed by atoms with Crippen molar-refractivity contribution in [1.29, 1.82) is 0 Å². The number of nitrogens with zero attached hydrogens (tertiary/aromatic N) is 1. The van der Waals surface area contributed by atoms with E-state index in [0.29, 0.717) is 30.0 Å². The van der Waals surface area contributed by atoms with Crippen molar-refractivity contribution in [3.8, 4) is 0 Å². The van der Waals surface area contributed by atoms with Crippen molar-refractivity contribution in [3.05, 3.63) is 11.6 Å². The number of amides is 1. The van der Waals surface area contributed by atoms with Crippen molar-refractivity contribution in [3.63, 3.8) is 0 Å². The monoisotopic (exact) mass is 529 g/mol. The van der Waals surface area contributed by atoms with Crippen LogP contribution >= 0.6 is 0 Å². The molecule has 8 atom stereocenters. The number of piperidine rings is 1. The van der Waals surface area contributed by atoms with E-state index in [-0.39, 0.29) is 41.3 Å². The minimum atomic E-state index is -0.518. The molecule has 1 heterocycles. The van der Waals surface area contributed by atoms with Crippen LogP contribution in [-0.2, 0) is 9.53 Å². The zero-order valence-corrected chi connectivity index (χ0v) is 24.4. The van der Waals surface area contributed by atoms with Gasteiger partial charge in [-0.3, -0.25) is 4.79 Å². The largest absolute Gasteiger partial charge is 0.444 e. The van der Waals surface area contributed by atoms with Crippen molar-refractivity contribution in [2.45, 2.75) is 111 Å². The predicted molar refractivity (Wildman–Crippen MR) is 147 cm³/mol. The minimum Gasteiger partial charge on any atom is -0.444 e. The molecule has 0 spiro atoms. The van der Waals surface area contributed by atoms with Crippen LogP contribution in [0, 0.1) is 46.3 Å². The molecular weight excluding hydrogens is 478 g/mol. The molecule has 6 nitrogen and oxygen atoms in total. The van der Waals surface area contributed by atoms with E-state index in [2.05, 4.69) is 19.9 Å². The molecule has 4 saturated carbocycles. The maximum atomic E-state index is 12.8. The van der Waals surface area contributed by atoms with Gasteiger partial charge in [-0.1, -0.05) is 25.5 Å². The summed E-state index contributed by atoms with van der Waals surface area (Å²) in [5.74, 6) is 2.00. The SMILES string of the molecule is CC(C)(C)OC(=O)N1CCC(C/C=C2\CC[C@]3(C)C4CC[C@]5(C)C(=O)CCC5C4[C@H](O)[C@H](CO)C3C2)CC1. The molecule has 0 bridgehead atoms. The lowest BCUT2D eigenvalue weighted by Crippen LogP contribution is -2.62. The highest BCUT2D eigenvalue weighted by Gasteiger charge is 2.64. The highest BCUT2D eigenvalue weighted by molar-refractivity contribution is 5.87. The van der Waals surface area contributed by atoms with Crippen LogP contribution < -0.4 is 0 Å². The summed E-state index contributed by atoms with van der Waals surface area (Å²) < 4.78 is 5.55. The number of likely N-dealkylation sites (tertiary alicyclic amines) is 1. The normalized spacial score (nSPS) is 43.0. The third kappa shape index (κ3) is 4.87. The van der Waals surface area contributed by atoms with E-state index < -0.39 is 11.7 Å². The fraction of sp³-hybridized carbons (Fsp3) is 0.875. The molecular formula is C32H51NO5. The lowest BCUT2D eigenvalue weighted by Gasteiger charge is -2.63. The highest BCUT2D eigenvalue weighted by atomic mass is 16.6. The molecule has 0 aromatic carbocycles. The van der Waals surface area contributed by atoms with E-state index in [1.807, 2.05) is 25.7 Å². The zero-order valence-electron chi connectivity index (χ0n) is 24.4. The molecule has 214 valence electrons. The summed E-state index contributed by atoms with van der Waals surface area (Å²) in [6.45, 7) is 11.9. The van der Waals surface area contributed by atoms with Gasteiger partial charge in [0.2, 0.25) is 0 Å². The van der Waals surface area contributed by atoms with Crippen LogP contribution in [0.5, 0.6) is 0 Å². The van der Waals surface area contributed by atoms with Crippen molar-refractivity contribution in [1.82, 2.24) is 4.90 Å². The molecule has 0 aromatic heterocycles. The lowest BCUT2D eigenvalue weighted by molar-refractivity contribution is -0.191. The van der Waals surface area contributed by atoms with Crippen LogP contribution in [0.1, 0.15) is 98.8 Å². The smallest absolute Gasteiger partial charge is 0.410 e. The Balaban J connectivity index is 1.23. The first kappa shape index (κ1) is 28.1. The van der Waals surface area contributed by atoms with Gasteiger partial charge in [0.25, 0.3) is 0 Å². The quantitative estimate of drug-likeness (QED) is 0.455. The van der Waals surface area contributed by atoms with Crippen LogP contribution in [0.2, 0.25) is 0 Å². The van der Waals surface area contributed by atoms with Crippen LogP contribution in [0.25, 0.3) is 0 Å². The molecule has 4 unspecified atom stereocenters. The van der Waals surface area contributed by atoms with Gasteiger partial charge in [0.1, 0.15) is 11.4 Å². The molecule has 6 heteroatoms. The van der Waals surface area contributed by atoms with Crippen molar-refractivity contribution < 1.29 is 24.5 Å². The Bertz CT molecular complexity index is 946. The van der Waals surface area contributed by atoms with E-state index in [9.17, 15) is 19.8 Å². The fourth-order valence-electron chi connectivity index (χ4n) is 9.50. The number of hydrogen-bond donors (Lipinski definition) is 2. The standard InChI is InChI=1S/C32H51NO5/c1-30(2,3)38-29(37)33-16-12-20(13-17-33)6-7-21-10-14-31(4)24-11-15-32(5)23(8-9-26(32)35)27(24)28(36)22(19-34)25(31)18-21/h7,20,22-25,27-28,34,36H,6,8-19H2,1-5H3/b21-7+/t22-,23?,24?,25?,27?,28-,31-,32+/m1/s1. The fourth-order valence-corrected chi connectivity index (χ4v) is 9.50. The molecule has 2 N–H and O–H groups in total.